The summed E-state index contributed by atoms with van der Waals surface area (Å²) in [5.74, 6) is 0.846. The van der Waals surface area contributed by atoms with Crippen LogP contribution in [-0.2, 0) is 11.5 Å². The normalized spacial score (nSPS) is 18.9. The number of hydrogen-bond acceptors (Lipinski definition) is 6. The monoisotopic (exact) mass is 415 g/mol. The number of carbonyl (C=O) groups excluding carboxylic acids is 1. The van der Waals surface area contributed by atoms with Gasteiger partial charge in [-0.25, -0.2) is 4.68 Å². The van der Waals surface area contributed by atoms with Gasteiger partial charge in [-0.05, 0) is 50.0 Å². The summed E-state index contributed by atoms with van der Waals surface area (Å²) in [6.07, 6.45) is 3.53. The van der Waals surface area contributed by atoms with Crippen LogP contribution in [0.15, 0.2) is 28.7 Å². The minimum absolute atomic E-state index is 0.278. The summed E-state index contributed by atoms with van der Waals surface area (Å²) in [7, 11) is 0. The lowest BCUT2D eigenvalue weighted by Gasteiger charge is -2.35. The maximum atomic E-state index is 12.5. The fourth-order valence-electron chi connectivity index (χ4n) is 4.03. The van der Waals surface area contributed by atoms with E-state index in [2.05, 4.69) is 14.9 Å². The van der Waals surface area contributed by atoms with Crippen LogP contribution in [-0.4, -0.2) is 76.2 Å². The molecule has 0 radical (unpaired) electrons. The first kappa shape index (κ1) is 20.3. The molecule has 1 aromatic carbocycles. The van der Waals surface area contributed by atoms with E-state index in [9.17, 15) is 4.79 Å². The van der Waals surface area contributed by atoms with Crippen molar-refractivity contribution in [1.82, 2.24) is 24.5 Å². The summed E-state index contributed by atoms with van der Waals surface area (Å²) in [5.41, 5.74) is 2.08. The lowest BCUT2D eigenvalue weighted by molar-refractivity contribution is -0.133. The third kappa shape index (κ3) is 4.94. The summed E-state index contributed by atoms with van der Waals surface area (Å²) in [5, 5.41) is 4.59. The molecule has 156 valence electrons. The van der Waals surface area contributed by atoms with Gasteiger partial charge in [0.1, 0.15) is 0 Å². The minimum Gasteiger partial charge on any atom is -0.409 e. The Bertz CT molecular complexity index is 894. The fourth-order valence-corrected chi connectivity index (χ4v) is 4.21. The highest BCUT2D eigenvalue weighted by Gasteiger charge is 2.23. The second-order valence-corrected chi connectivity index (χ2v) is 8.31. The molecule has 2 fully saturated rings. The standard InChI is InChI=1S/C21H29N5O2S/c1-17-7-3-4-8-18(17)20-22-26(21(29)28-20)16-24-13-11-23(12-14-24)15-19(27)25-9-5-2-6-10-25/h3-4,7-8H,2,5-6,9-16H2,1H3. The number of benzene rings is 1. The van der Waals surface area contributed by atoms with Crippen LogP contribution in [0.25, 0.3) is 11.5 Å². The van der Waals surface area contributed by atoms with E-state index in [1.807, 2.05) is 36.1 Å². The van der Waals surface area contributed by atoms with Crippen molar-refractivity contribution in [3.63, 3.8) is 0 Å². The molecular formula is C21H29N5O2S. The van der Waals surface area contributed by atoms with E-state index in [-0.39, 0.29) is 5.91 Å². The van der Waals surface area contributed by atoms with Gasteiger partial charge in [-0.3, -0.25) is 14.6 Å². The molecule has 0 bridgehead atoms. The Balaban J connectivity index is 1.30. The van der Waals surface area contributed by atoms with Crippen LogP contribution in [0.2, 0.25) is 0 Å². The smallest absolute Gasteiger partial charge is 0.288 e. The van der Waals surface area contributed by atoms with E-state index in [4.69, 9.17) is 16.6 Å². The zero-order valence-electron chi connectivity index (χ0n) is 17.0. The van der Waals surface area contributed by atoms with Crippen molar-refractivity contribution >= 4 is 18.1 Å². The average molecular weight is 416 g/mol. The largest absolute Gasteiger partial charge is 0.409 e. The third-order valence-electron chi connectivity index (χ3n) is 5.85. The molecule has 4 rings (SSSR count). The van der Waals surface area contributed by atoms with E-state index in [1.54, 1.807) is 4.68 Å². The lowest BCUT2D eigenvalue weighted by atomic mass is 10.1. The van der Waals surface area contributed by atoms with Crippen molar-refractivity contribution in [2.75, 3.05) is 45.8 Å². The number of aromatic nitrogens is 2. The van der Waals surface area contributed by atoms with Gasteiger partial charge in [0.05, 0.1) is 13.2 Å². The van der Waals surface area contributed by atoms with Crippen LogP contribution < -0.4 is 0 Å². The number of likely N-dealkylation sites (tertiary alicyclic amines) is 1. The van der Waals surface area contributed by atoms with Crippen molar-refractivity contribution < 1.29 is 9.21 Å². The molecule has 0 saturated carbocycles. The topological polar surface area (TPSA) is 57.8 Å². The molecule has 0 unspecified atom stereocenters. The summed E-state index contributed by atoms with van der Waals surface area (Å²) in [4.78, 5) is 19.5. The Morgan fingerprint density at radius 1 is 1.03 bits per heavy atom. The number of rotatable bonds is 5. The van der Waals surface area contributed by atoms with Gasteiger partial charge >= 0.3 is 0 Å². The molecule has 0 aliphatic carbocycles. The van der Waals surface area contributed by atoms with Gasteiger partial charge in [0.25, 0.3) is 4.84 Å². The molecule has 1 amide bonds. The Morgan fingerprint density at radius 2 is 1.72 bits per heavy atom. The van der Waals surface area contributed by atoms with Crippen molar-refractivity contribution in [1.29, 1.82) is 0 Å². The molecule has 7 nitrogen and oxygen atoms in total. The average Bonchev–Trinajstić information content (AvgIpc) is 3.10. The zero-order valence-corrected chi connectivity index (χ0v) is 17.9. The van der Waals surface area contributed by atoms with E-state index < -0.39 is 0 Å². The molecule has 0 spiro atoms. The first-order valence-corrected chi connectivity index (χ1v) is 10.9. The molecule has 0 N–H and O–H groups in total. The van der Waals surface area contributed by atoms with Gasteiger partial charge < -0.3 is 9.32 Å². The highest BCUT2D eigenvalue weighted by molar-refractivity contribution is 7.71. The molecule has 2 aliphatic heterocycles. The summed E-state index contributed by atoms with van der Waals surface area (Å²) < 4.78 is 7.50. The summed E-state index contributed by atoms with van der Waals surface area (Å²) in [6.45, 7) is 8.58. The molecule has 8 heteroatoms. The number of aryl methyl sites for hydroxylation is 1. The molecule has 2 saturated heterocycles. The molecular weight excluding hydrogens is 386 g/mol. The number of hydrogen-bond donors (Lipinski definition) is 0. The number of nitrogens with zero attached hydrogens (tertiary/aromatic N) is 5. The first-order valence-electron chi connectivity index (χ1n) is 10.5. The predicted octanol–water partition coefficient (Wildman–Crippen LogP) is 2.77. The SMILES string of the molecule is Cc1ccccc1-c1nn(CN2CCN(CC(=O)N3CCCCC3)CC2)c(=S)o1. The number of carbonyl (C=O) groups is 1. The second-order valence-electron chi connectivity index (χ2n) is 7.96. The third-order valence-corrected chi connectivity index (χ3v) is 6.14. The van der Waals surface area contributed by atoms with Gasteiger partial charge in [0.2, 0.25) is 11.8 Å². The molecule has 0 atom stereocenters. The van der Waals surface area contributed by atoms with Crippen LogP contribution in [0, 0.1) is 11.8 Å². The number of amides is 1. The number of piperidine rings is 1. The lowest BCUT2D eigenvalue weighted by Crippen LogP contribution is -2.50. The molecule has 29 heavy (non-hydrogen) atoms. The Labute approximate surface area is 176 Å². The van der Waals surface area contributed by atoms with Gasteiger partial charge in [-0.15, -0.1) is 5.10 Å². The van der Waals surface area contributed by atoms with Crippen LogP contribution in [0.1, 0.15) is 24.8 Å². The Hall–Kier alpha value is -2.03. The van der Waals surface area contributed by atoms with E-state index in [0.29, 0.717) is 23.9 Å². The molecule has 1 aromatic heterocycles. The maximum absolute atomic E-state index is 12.5. The Morgan fingerprint density at radius 3 is 2.45 bits per heavy atom. The summed E-state index contributed by atoms with van der Waals surface area (Å²) in [6, 6.07) is 8.01. The van der Waals surface area contributed by atoms with Crippen LogP contribution in [0.3, 0.4) is 0 Å². The fraction of sp³-hybridized carbons (Fsp3) is 0.571. The molecule has 2 aliphatic rings. The van der Waals surface area contributed by atoms with Crippen molar-refractivity contribution in [2.45, 2.75) is 32.9 Å². The van der Waals surface area contributed by atoms with Gasteiger partial charge in [-0.1, -0.05) is 18.2 Å². The minimum atomic E-state index is 0.278. The zero-order chi connectivity index (χ0) is 20.2. The number of piperazine rings is 1. The van der Waals surface area contributed by atoms with Crippen molar-refractivity contribution in [2.24, 2.45) is 0 Å². The van der Waals surface area contributed by atoms with E-state index in [0.717, 1.165) is 63.2 Å². The van der Waals surface area contributed by atoms with Crippen LogP contribution >= 0.6 is 12.2 Å². The summed E-state index contributed by atoms with van der Waals surface area (Å²) >= 11 is 5.38. The van der Waals surface area contributed by atoms with Gasteiger partial charge in [-0.2, -0.15) is 0 Å². The van der Waals surface area contributed by atoms with Gasteiger partial charge in [0, 0.05) is 44.8 Å². The highest BCUT2D eigenvalue weighted by Crippen LogP contribution is 2.21. The van der Waals surface area contributed by atoms with Crippen LogP contribution in [0.5, 0.6) is 0 Å². The molecule has 3 heterocycles. The van der Waals surface area contributed by atoms with Gasteiger partial charge in [0.15, 0.2) is 0 Å². The van der Waals surface area contributed by atoms with E-state index in [1.165, 1.54) is 6.42 Å². The maximum Gasteiger partial charge on any atom is 0.288 e. The Kier molecular flexibility index (Phi) is 6.42. The van der Waals surface area contributed by atoms with Crippen LogP contribution in [0.4, 0.5) is 0 Å². The van der Waals surface area contributed by atoms with Crippen molar-refractivity contribution in [3.05, 3.63) is 34.7 Å². The van der Waals surface area contributed by atoms with E-state index >= 15 is 0 Å². The predicted molar refractivity (Wildman–Crippen MR) is 114 cm³/mol. The molecule has 2 aromatic rings. The first-order chi connectivity index (χ1) is 14.1. The van der Waals surface area contributed by atoms with Crippen molar-refractivity contribution in [3.8, 4) is 11.5 Å². The quantitative estimate of drug-likeness (QED) is 0.700. The highest BCUT2D eigenvalue weighted by atomic mass is 32.1. The second kappa shape index (κ2) is 9.19.